The molecule has 1 aromatic carbocycles. The van der Waals surface area contributed by atoms with E-state index in [-0.39, 0.29) is 12.3 Å². The zero-order valence-electron chi connectivity index (χ0n) is 12.2. The van der Waals surface area contributed by atoms with Crippen LogP contribution in [0.4, 0.5) is 5.69 Å². The topological polar surface area (TPSA) is 73.6 Å². The van der Waals surface area contributed by atoms with Crippen molar-refractivity contribution in [2.24, 2.45) is 0 Å². The van der Waals surface area contributed by atoms with Crippen molar-refractivity contribution >= 4 is 23.2 Å². The predicted octanol–water partition coefficient (Wildman–Crippen LogP) is 2.90. The molecule has 2 aromatic rings. The van der Waals surface area contributed by atoms with Crippen molar-refractivity contribution in [1.82, 2.24) is 5.16 Å². The molecule has 6 nitrogen and oxygen atoms in total. The van der Waals surface area contributed by atoms with Crippen LogP contribution in [0.25, 0.3) is 0 Å². The predicted molar refractivity (Wildman–Crippen MR) is 80.8 cm³/mol. The highest BCUT2D eigenvalue weighted by Gasteiger charge is 2.18. The van der Waals surface area contributed by atoms with Gasteiger partial charge in [0.15, 0.2) is 11.5 Å². The maximum absolute atomic E-state index is 12.2. The van der Waals surface area contributed by atoms with Gasteiger partial charge in [0.05, 0.1) is 22.8 Å². The average molecular weight is 323 g/mol. The molecule has 0 bridgehead atoms. The van der Waals surface area contributed by atoms with Crippen LogP contribution in [0.3, 0.4) is 0 Å². The third-order valence-electron chi connectivity index (χ3n) is 3.42. The SMILES string of the molecule is Cc1noc(C)c1CC(=O)Nc1cc2c(cc1Cl)OCCO2. The highest BCUT2D eigenvalue weighted by Crippen LogP contribution is 2.38. The Bertz CT molecular complexity index is 707. The van der Waals surface area contributed by atoms with E-state index in [0.29, 0.717) is 46.9 Å². The maximum Gasteiger partial charge on any atom is 0.229 e. The lowest BCUT2D eigenvalue weighted by Gasteiger charge is -2.20. The summed E-state index contributed by atoms with van der Waals surface area (Å²) in [6, 6.07) is 3.31. The number of ether oxygens (including phenoxy) is 2. The van der Waals surface area contributed by atoms with Crippen LogP contribution in [-0.4, -0.2) is 24.3 Å². The van der Waals surface area contributed by atoms with Gasteiger partial charge in [-0.2, -0.15) is 0 Å². The molecule has 1 amide bonds. The van der Waals surface area contributed by atoms with Crippen LogP contribution in [0.15, 0.2) is 16.7 Å². The van der Waals surface area contributed by atoms with Gasteiger partial charge in [-0.05, 0) is 13.8 Å². The summed E-state index contributed by atoms with van der Waals surface area (Å²) in [6.07, 6.45) is 0.173. The average Bonchev–Trinajstić information content (AvgIpc) is 2.80. The molecule has 0 unspecified atom stereocenters. The second kappa shape index (κ2) is 5.88. The summed E-state index contributed by atoms with van der Waals surface area (Å²) in [5, 5.41) is 7.01. The molecule has 0 aliphatic carbocycles. The summed E-state index contributed by atoms with van der Waals surface area (Å²) in [5.74, 6) is 1.59. The van der Waals surface area contributed by atoms with Crippen molar-refractivity contribution in [2.45, 2.75) is 20.3 Å². The van der Waals surface area contributed by atoms with Crippen LogP contribution in [0, 0.1) is 13.8 Å². The lowest BCUT2D eigenvalue weighted by molar-refractivity contribution is -0.115. The first-order chi connectivity index (χ1) is 10.5. The Morgan fingerprint density at radius 2 is 1.95 bits per heavy atom. The number of nitrogens with one attached hydrogen (secondary N) is 1. The Labute approximate surface area is 132 Å². The molecule has 0 atom stereocenters. The number of rotatable bonds is 3. The van der Waals surface area contributed by atoms with E-state index in [1.165, 1.54) is 0 Å². The second-order valence-electron chi connectivity index (χ2n) is 5.00. The number of amides is 1. The minimum Gasteiger partial charge on any atom is -0.486 e. The molecule has 2 heterocycles. The molecule has 1 aliphatic rings. The third-order valence-corrected chi connectivity index (χ3v) is 3.74. The van der Waals surface area contributed by atoms with Crippen LogP contribution in [0.1, 0.15) is 17.0 Å². The number of anilines is 1. The number of aryl methyl sites for hydroxylation is 2. The van der Waals surface area contributed by atoms with Crippen LogP contribution >= 0.6 is 11.6 Å². The summed E-state index contributed by atoms with van der Waals surface area (Å²) in [5.41, 5.74) is 1.98. The number of carbonyl (C=O) groups is 1. The fourth-order valence-corrected chi connectivity index (χ4v) is 2.47. The Morgan fingerprint density at radius 1 is 1.27 bits per heavy atom. The fraction of sp³-hybridized carbons (Fsp3) is 0.333. The number of nitrogens with zero attached hydrogens (tertiary/aromatic N) is 1. The highest BCUT2D eigenvalue weighted by molar-refractivity contribution is 6.34. The Morgan fingerprint density at radius 3 is 2.59 bits per heavy atom. The molecular weight excluding hydrogens is 308 g/mol. The van der Waals surface area contributed by atoms with Crippen LogP contribution in [0.2, 0.25) is 5.02 Å². The monoisotopic (exact) mass is 322 g/mol. The van der Waals surface area contributed by atoms with E-state index in [1.807, 2.05) is 0 Å². The molecule has 22 heavy (non-hydrogen) atoms. The molecular formula is C15H15ClN2O4. The van der Waals surface area contributed by atoms with Crippen molar-refractivity contribution in [3.8, 4) is 11.5 Å². The number of hydrogen-bond donors (Lipinski definition) is 1. The van der Waals surface area contributed by atoms with E-state index in [0.717, 1.165) is 5.56 Å². The van der Waals surface area contributed by atoms with Gasteiger partial charge in [-0.15, -0.1) is 0 Å². The van der Waals surface area contributed by atoms with E-state index in [2.05, 4.69) is 10.5 Å². The molecule has 0 spiro atoms. The lowest BCUT2D eigenvalue weighted by Crippen LogP contribution is -2.18. The van der Waals surface area contributed by atoms with Crippen LogP contribution < -0.4 is 14.8 Å². The molecule has 7 heteroatoms. The summed E-state index contributed by atoms with van der Waals surface area (Å²) in [4.78, 5) is 12.2. The minimum atomic E-state index is -0.201. The largest absolute Gasteiger partial charge is 0.486 e. The Kier molecular flexibility index (Phi) is 3.94. The Balaban J connectivity index is 1.77. The molecule has 0 fully saturated rings. The van der Waals surface area contributed by atoms with Crippen molar-refractivity contribution in [3.63, 3.8) is 0 Å². The van der Waals surface area contributed by atoms with Crippen molar-refractivity contribution in [2.75, 3.05) is 18.5 Å². The van der Waals surface area contributed by atoms with Gasteiger partial charge < -0.3 is 19.3 Å². The van der Waals surface area contributed by atoms with Gasteiger partial charge in [-0.3, -0.25) is 4.79 Å². The summed E-state index contributed by atoms with van der Waals surface area (Å²) in [7, 11) is 0. The third kappa shape index (κ3) is 2.87. The number of fused-ring (bicyclic) bond motifs is 1. The minimum absolute atomic E-state index is 0.173. The van der Waals surface area contributed by atoms with Gasteiger partial charge in [0.25, 0.3) is 0 Å². The highest BCUT2D eigenvalue weighted by atomic mass is 35.5. The van der Waals surface area contributed by atoms with Gasteiger partial charge in [-0.1, -0.05) is 16.8 Å². The number of benzene rings is 1. The second-order valence-corrected chi connectivity index (χ2v) is 5.41. The molecule has 1 N–H and O–H groups in total. The van der Waals surface area contributed by atoms with E-state index < -0.39 is 0 Å². The smallest absolute Gasteiger partial charge is 0.229 e. The number of halogens is 1. The van der Waals surface area contributed by atoms with Gasteiger partial charge in [0, 0.05) is 17.7 Å². The molecule has 1 aromatic heterocycles. The van der Waals surface area contributed by atoms with E-state index in [1.54, 1.807) is 26.0 Å². The summed E-state index contributed by atoms with van der Waals surface area (Å²) in [6.45, 7) is 4.54. The standard InChI is InChI=1S/C15H15ClN2O4/c1-8-10(9(2)22-18-8)5-15(19)17-12-7-14-13(6-11(12)16)20-3-4-21-14/h6-7H,3-5H2,1-2H3,(H,17,19). The summed E-state index contributed by atoms with van der Waals surface area (Å²) < 4.78 is 16.0. The molecule has 3 rings (SSSR count). The number of aromatic nitrogens is 1. The zero-order valence-corrected chi connectivity index (χ0v) is 13.0. The zero-order chi connectivity index (χ0) is 15.7. The Hall–Kier alpha value is -2.21. The summed E-state index contributed by atoms with van der Waals surface area (Å²) >= 11 is 6.17. The van der Waals surface area contributed by atoms with Crippen molar-refractivity contribution in [3.05, 3.63) is 34.2 Å². The van der Waals surface area contributed by atoms with Gasteiger partial charge in [-0.25, -0.2) is 0 Å². The first-order valence-electron chi connectivity index (χ1n) is 6.85. The van der Waals surface area contributed by atoms with Crippen molar-refractivity contribution in [1.29, 1.82) is 0 Å². The maximum atomic E-state index is 12.2. The quantitative estimate of drug-likeness (QED) is 0.940. The molecule has 1 aliphatic heterocycles. The number of carbonyl (C=O) groups excluding carboxylic acids is 1. The van der Waals surface area contributed by atoms with Gasteiger partial charge in [0.2, 0.25) is 5.91 Å². The van der Waals surface area contributed by atoms with E-state index in [4.69, 9.17) is 25.6 Å². The molecule has 0 radical (unpaired) electrons. The first-order valence-corrected chi connectivity index (χ1v) is 7.23. The molecule has 116 valence electrons. The van der Waals surface area contributed by atoms with Gasteiger partial charge >= 0.3 is 0 Å². The van der Waals surface area contributed by atoms with Gasteiger partial charge in [0.1, 0.15) is 19.0 Å². The molecule has 0 saturated carbocycles. The first kappa shape index (κ1) is 14.7. The normalized spacial score (nSPS) is 13.0. The van der Waals surface area contributed by atoms with E-state index in [9.17, 15) is 4.79 Å². The van der Waals surface area contributed by atoms with Crippen LogP contribution in [0.5, 0.6) is 11.5 Å². The molecule has 0 saturated heterocycles. The lowest BCUT2D eigenvalue weighted by atomic mass is 10.1. The van der Waals surface area contributed by atoms with Crippen LogP contribution in [-0.2, 0) is 11.2 Å². The number of hydrogen-bond acceptors (Lipinski definition) is 5. The fourth-order valence-electron chi connectivity index (χ4n) is 2.27. The van der Waals surface area contributed by atoms with E-state index >= 15 is 0 Å². The van der Waals surface area contributed by atoms with Crippen molar-refractivity contribution < 1.29 is 18.8 Å².